The fraction of sp³-hybridized carbons (Fsp3) is 0.538. The van der Waals surface area contributed by atoms with E-state index in [-0.39, 0.29) is 16.2 Å². The quantitative estimate of drug-likeness (QED) is 0.929. The number of halogens is 3. The molecule has 1 aromatic rings. The molecule has 8 heteroatoms. The summed E-state index contributed by atoms with van der Waals surface area (Å²) in [4.78, 5) is -0.119. The summed E-state index contributed by atoms with van der Waals surface area (Å²) < 4.78 is 64.7. The average molecular weight is 325 g/mol. The smallest absolute Gasteiger partial charge is 0.422 e. The molecule has 120 valence electrons. The molecule has 0 unspecified atom stereocenters. The minimum atomic E-state index is -4.47. The Hall–Kier alpha value is -1.28. The van der Waals surface area contributed by atoms with Crippen LogP contribution in [0.2, 0.25) is 0 Å². The highest BCUT2D eigenvalue weighted by molar-refractivity contribution is 7.89. The molecule has 0 spiro atoms. The van der Waals surface area contributed by atoms with Crippen LogP contribution < -0.4 is 9.88 Å². The third-order valence-corrected chi connectivity index (χ3v) is 3.84. The zero-order valence-electron chi connectivity index (χ0n) is 12.2. The van der Waals surface area contributed by atoms with Crippen molar-refractivity contribution >= 4 is 10.0 Å². The SMILES string of the molecule is Cc1cc(OCC(F)(F)F)c(C(C)(C)C)cc1S(N)(=O)=O. The predicted octanol–water partition coefficient (Wildman–Crippen LogP) is 2.88. The number of hydrogen-bond donors (Lipinski definition) is 1. The molecule has 0 amide bonds. The summed E-state index contributed by atoms with van der Waals surface area (Å²) in [6, 6.07) is 2.54. The molecule has 0 saturated heterocycles. The van der Waals surface area contributed by atoms with Gasteiger partial charge in [0.25, 0.3) is 0 Å². The van der Waals surface area contributed by atoms with Crippen molar-refractivity contribution < 1.29 is 26.3 Å². The molecule has 0 radical (unpaired) electrons. The molecule has 0 bridgehead atoms. The summed E-state index contributed by atoms with van der Waals surface area (Å²) in [7, 11) is -3.95. The van der Waals surface area contributed by atoms with Crippen LogP contribution in [0.4, 0.5) is 13.2 Å². The highest BCUT2D eigenvalue weighted by Gasteiger charge is 2.30. The zero-order valence-corrected chi connectivity index (χ0v) is 13.0. The monoisotopic (exact) mass is 325 g/mol. The van der Waals surface area contributed by atoms with Crippen LogP contribution in [0.5, 0.6) is 5.75 Å². The molecule has 0 aliphatic heterocycles. The maximum atomic E-state index is 12.3. The van der Waals surface area contributed by atoms with Gasteiger partial charge in [0.1, 0.15) is 5.75 Å². The number of benzene rings is 1. The van der Waals surface area contributed by atoms with Crippen LogP contribution in [0.15, 0.2) is 17.0 Å². The van der Waals surface area contributed by atoms with Crippen molar-refractivity contribution in [3.63, 3.8) is 0 Å². The second-order valence-corrected chi connectivity index (χ2v) is 7.34. The van der Waals surface area contributed by atoms with Crippen molar-refractivity contribution in [1.29, 1.82) is 0 Å². The third kappa shape index (κ3) is 4.89. The van der Waals surface area contributed by atoms with Gasteiger partial charge < -0.3 is 4.74 Å². The van der Waals surface area contributed by atoms with E-state index in [0.29, 0.717) is 5.56 Å². The Morgan fingerprint density at radius 1 is 1.19 bits per heavy atom. The van der Waals surface area contributed by atoms with Gasteiger partial charge >= 0.3 is 6.18 Å². The van der Waals surface area contributed by atoms with Crippen molar-refractivity contribution in [2.75, 3.05) is 6.61 Å². The number of nitrogens with two attached hydrogens (primary N) is 1. The van der Waals surface area contributed by atoms with Gasteiger partial charge in [0.15, 0.2) is 6.61 Å². The minimum absolute atomic E-state index is 0.00438. The molecule has 0 aliphatic rings. The van der Waals surface area contributed by atoms with Gasteiger partial charge in [0.2, 0.25) is 10.0 Å². The van der Waals surface area contributed by atoms with Crippen LogP contribution in [0.25, 0.3) is 0 Å². The van der Waals surface area contributed by atoms with E-state index in [1.54, 1.807) is 20.8 Å². The Balaban J connectivity index is 3.41. The van der Waals surface area contributed by atoms with E-state index in [2.05, 4.69) is 0 Å². The van der Waals surface area contributed by atoms with E-state index >= 15 is 0 Å². The molecule has 0 aliphatic carbocycles. The van der Waals surface area contributed by atoms with E-state index in [1.807, 2.05) is 0 Å². The maximum absolute atomic E-state index is 12.3. The van der Waals surface area contributed by atoms with Crippen molar-refractivity contribution in [1.82, 2.24) is 0 Å². The lowest BCUT2D eigenvalue weighted by Gasteiger charge is -2.24. The van der Waals surface area contributed by atoms with E-state index < -0.39 is 28.2 Å². The van der Waals surface area contributed by atoms with Gasteiger partial charge in [-0.15, -0.1) is 0 Å². The summed E-state index contributed by atoms with van der Waals surface area (Å²) >= 11 is 0. The zero-order chi connectivity index (χ0) is 16.6. The van der Waals surface area contributed by atoms with Gasteiger partial charge in [0, 0.05) is 5.56 Å². The third-order valence-electron chi connectivity index (χ3n) is 2.78. The van der Waals surface area contributed by atoms with Gasteiger partial charge in [-0.2, -0.15) is 13.2 Å². The highest BCUT2D eigenvalue weighted by Crippen LogP contribution is 2.35. The number of rotatable bonds is 3. The Bertz CT molecular complexity index is 631. The van der Waals surface area contributed by atoms with Crippen molar-refractivity contribution in [3.05, 3.63) is 23.3 Å². The van der Waals surface area contributed by atoms with Crippen molar-refractivity contribution in [2.24, 2.45) is 5.14 Å². The first-order valence-electron chi connectivity index (χ1n) is 6.09. The molecule has 2 N–H and O–H groups in total. The molecular weight excluding hydrogens is 307 g/mol. The molecular formula is C13H18F3NO3S. The normalized spacial score (nSPS) is 13.3. The van der Waals surface area contributed by atoms with Gasteiger partial charge in [0.05, 0.1) is 4.90 Å². The largest absolute Gasteiger partial charge is 0.484 e. The molecule has 1 aromatic carbocycles. The fourth-order valence-electron chi connectivity index (χ4n) is 1.83. The number of hydrogen-bond acceptors (Lipinski definition) is 3. The Morgan fingerprint density at radius 3 is 2.10 bits per heavy atom. The first kappa shape index (κ1) is 17.8. The van der Waals surface area contributed by atoms with Crippen LogP contribution in [0.3, 0.4) is 0 Å². The number of aryl methyl sites for hydroxylation is 1. The lowest BCUT2D eigenvalue weighted by atomic mass is 9.86. The second-order valence-electron chi connectivity index (χ2n) is 5.81. The molecule has 0 aromatic heterocycles. The fourth-order valence-corrected chi connectivity index (χ4v) is 2.62. The average Bonchev–Trinajstić information content (AvgIpc) is 2.21. The Labute approximate surface area is 122 Å². The summed E-state index contributed by atoms with van der Waals surface area (Å²) in [6.45, 7) is 5.23. The van der Waals surface area contributed by atoms with Gasteiger partial charge in [-0.05, 0) is 30.0 Å². The molecule has 0 atom stereocenters. The first-order chi connectivity index (χ1) is 9.22. The summed E-state index contributed by atoms with van der Waals surface area (Å²) in [6.07, 6.45) is -4.47. The molecule has 21 heavy (non-hydrogen) atoms. The minimum Gasteiger partial charge on any atom is -0.484 e. The lowest BCUT2D eigenvalue weighted by Crippen LogP contribution is -2.23. The van der Waals surface area contributed by atoms with Gasteiger partial charge in [-0.25, -0.2) is 13.6 Å². The molecule has 0 fully saturated rings. The first-order valence-corrected chi connectivity index (χ1v) is 7.64. The summed E-state index contributed by atoms with van der Waals surface area (Å²) in [5, 5.41) is 5.11. The number of primary sulfonamides is 1. The van der Waals surface area contributed by atoms with Crippen LogP contribution in [-0.4, -0.2) is 21.2 Å². The summed E-state index contributed by atoms with van der Waals surface area (Å²) in [5.41, 5.74) is -0.0160. The van der Waals surface area contributed by atoms with Crippen LogP contribution in [-0.2, 0) is 15.4 Å². The van der Waals surface area contributed by atoms with Crippen molar-refractivity contribution in [3.8, 4) is 5.75 Å². The topological polar surface area (TPSA) is 69.4 Å². The molecule has 4 nitrogen and oxygen atoms in total. The lowest BCUT2D eigenvalue weighted by molar-refractivity contribution is -0.153. The number of sulfonamides is 1. The van der Waals surface area contributed by atoms with Gasteiger partial charge in [-0.1, -0.05) is 20.8 Å². The maximum Gasteiger partial charge on any atom is 0.422 e. The van der Waals surface area contributed by atoms with Crippen LogP contribution >= 0.6 is 0 Å². The van der Waals surface area contributed by atoms with E-state index in [9.17, 15) is 21.6 Å². The van der Waals surface area contributed by atoms with E-state index in [4.69, 9.17) is 9.88 Å². The van der Waals surface area contributed by atoms with Crippen LogP contribution in [0, 0.1) is 6.92 Å². The molecule has 1 rings (SSSR count). The molecule has 0 saturated carbocycles. The van der Waals surface area contributed by atoms with E-state index in [0.717, 1.165) is 0 Å². The Morgan fingerprint density at radius 2 is 1.71 bits per heavy atom. The Kier molecular flexibility index (Phi) is 4.65. The van der Waals surface area contributed by atoms with Gasteiger partial charge in [-0.3, -0.25) is 0 Å². The molecule has 0 heterocycles. The summed E-state index contributed by atoms with van der Waals surface area (Å²) in [5.74, 6) is 0.00438. The highest BCUT2D eigenvalue weighted by atomic mass is 32.2. The van der Waals surface area contributed by atoms with Crippen LogP contribution in [0.1, 0.15) is 31.9 Å². The van der Waals surface area contributed by atoms with E-state index in [1.165, 1.54) is 19.1 Å². The predicted molar refractivity (Wildman–Crippen MR) is 72.8 cm³/mol. The second kappa shape index (κ2) is 5.49. The number of ether oxygens (including phenoxy) is 1. The van der Waals surface area contributed by atoms with Crippen molar-refractivity contribution in [2.45, 2.75) is 44.2 Å². The standard InChI is InChI=1S/C13H18F3NO3S/c1-8-5-10(20-7-13(14,15)16)9(12(2,3)4)6-11(8)21(17,18)19/h5-6H,7H2,1-4H3,(H2,17,18,19). The number of alkyl halides is 3.